The van der Waals surface area contributed by atoms with Crippen LogP contribution in [0.1, 0.15) is 51.0 Å². The van der Waals surface area contributed by atoms with Crippen LogP contribution in [-0.2, 0) is 0 Å². The van der Waals surface area contributed by atoms with Crippen LogP contribution >= 0.6 is 0 Å². The van der Waals surface area contributed by atoms with Gasteiger partial charge in [0.2, 0.25) is 0 Å². The fraction of sp³-hybridized carbons (Fsp3) is 0.762. The minimum absolute atomic E-state index is 0.0407. The van der Waals surface area contributed by atoms with E-state index in [1.165, 1.54) is 38.5 Å². The third-order valence-electron chi connectivity index (χ3n) is 8.45. The van der Waals surface area contributed by atoms with Crippen LogP contribution < -0.4 is 5.32 Å². The average Bonchev–Trinajstić information content (AvgIpc) is 3.14. The Morgan fingerprint density at radius 3 is 2.41 bits per heavy atom. The van der Waals surface area contributed by atoms with Crippen LogP contribution in [0, 0.1) is 23.2 Å². The molecule has 0 spiro atoms. The molecule has 0 saturated heterocycles. The van der Waals surface area contributed by atoms with Crippen LogP contribution in [0.25, 0.3) is 11.2 Å². The lowest BCUT2D eigenvalue weighted by Gasteiger charge is -2.43. The van der Waals surface area contributed by atoms with E-state index in [9.17, 15) is 15.3 Å². The Bertz CT molecular complexity index is 912. The number of anilines is 1. The molecule has 2 aromatic heterocycles. The van der Waals surface area contributed by atoms with Gasteiger partial charge in [-0.15, -0.1) is 0 Å². The highest BCUT2D eigenvalue weighted by molar-refractivity contribution is 5.83. The lowest BCUT2D eigenvalue weighted by Crippen LogP contribution is -2.42. The van der Waals surface area contributed by atoms with Crippen molar-refractivity contribution in [3.05, 3.63) is 12.7 Å². The largest absolute Gasteiger partial charge is 0.396 e. The Labute approximate surface area is 169 Å². The van der Waals surface area contributed by atoms with E-state index in [0.717, 1.165) is 23.2 Å². The normalized spacial score (nSPS) is 36.8. The molecule has 4 N–H and O–H groups in total. The van der Waals surface area contributed by atoms with Crippen molar-refractivity contribution >= 4 is 17.0 Å². The number of aliphatic hydroxyl groups excluding tert-OH is 3. The monoisotopic (exact) mass is 399 g/mol. The van der Waals surface area contributed by atoms with E-state index in [-0.39, 0.29) is 18.6 Å². The Kier molecular flexibility index (Phi) is 3.96. The van der Waals surface area contributed by atoms with Gasteiger partial charge < -0.3 is 25.2 Å². The zero-order valence-corrected chi connectivity index (χ0v) is 16.5. The number of aromatic nitrogens is 4. The first-order valence-corrected chi connectivity index (χ1v) is 11.0. The highest BCUT2D eigenvalue weighted by Gasteiger charge is 2.71. The van der Waals surface area contributed by atoms with E-state index in [1.807, 2.05) is 4.57 Å². The van der Waals surface area contributed by atoms with E-state index in [0.29, 0.717) is 18.1 Å². The summed E-state index contributed by atoms with van der Waals surface area (Å²) in [5.41, 5.74) is 0.828. The van der Waals surface area contributed by atoms with Crippen molar-refractivity contribution in [1.82, 2.24) is 19.5 Å². The average molecular weight is 399 g/mol. The van der Waals surface area contributed by atoms with Crippen LogP contribution in [0.5, 0.6) is 0 Å². The first-order chi connectivity index (χ1) is 14.1. The minimum Gasteiger partial charge on any atom is -0.396 e. The van der Waals surface area contributed by atoms with E-state index in [1.54, 1.807) is 12.7 Å². The molecule has 156 valence electrons. The Hall–Kier alpha value is -1.77. The molecule has 2 aromatic rings. The van der Waals surface area contributed by atoms with Crippen molar-refractivity contribution in [2.75, 3.05) is 11.9 Å². The SMILES string of the molecule is OC[C@@]12CC1[C@@H](n1cnc3c(NC(C4CCC4)C4CCC4)ncnc31)[C@H](O)C2O. The van der Waals surface area contributed by atoms with Gasteiger partial charge in [-0.05, 0) is 49.9 Å². The summed E-state index contributed by atoms with van der Waals surface area (Å²) in [6.07, 6.45) is 9.92. The third-order valence-corrected chi connectivity index (χ3v) is 8.45. The molecule has 4 saturated carbocycles. The van der Waals surface area contributed by atoms with Gasteiger partial charge in [-0.1, -0.05) is 12.8 Å². The minimum atomic E-state index is -0.928. The fourth-order valence-electron chi connectivity index (χ4n) is 6.10. The molecule has 0 bridgehead atoms. The molecule has 2 heterocycles. The molecule has 0 aliphatic heterocycles. The van der Waals surface area contributed by atoms with Gasteiger partial charge >= 0.3 is 0 Å². The van der Waals surface area contributed by atoms with Gasteiger partial charge in [0.05, 0.1) is 25.1 Å². The smallest absolute Gasteiger partial charge is 0.165 e. The van der Waals surface area contributed by atoms with Gasteiger partial charge in [0.15, 0.2) is 11.5 Å². The molecule has 0 aromatic carbocycles. The molecule has 4 aliphatic rings. The summed E-state index contributed by atoms with van der Waals surface area (Å²) in [5.74, 6) is 2.25. The van der Waals surface area contributed by atoms with Gasteiger partial charge in [0.1, 0.15) is 17.9 Å². The van der Waals surface area contributed by atoms with Crippen LogP contribution in [0.15, 0.2) is 12.7 Å². The van der Waals surface area contributed by atoms with E-state index in [2.05, 4.69) is 20.3 Å². The molecule has 8 heteroatoms. The summed E-state index contributed by atoms with van der Waals surface area (Å²) in [5, 5.41) is 34.6. The molecule has 4 aliphatic carbocycles. The van der Waals surface area contributed by atoms with Crippen LogP contribution in [0.4, 0.5) is 5.82 Å². The number of hydrogen-bond acceptors (Lipinski definition) is 7. The maximum absolute atomic E-state index is 10.7. The summed E-state index contributed by atoms with van der Waals surface area (Å²) in [6, 6.07) is 0.129. The second-order valence-corrected chi connectivity index (χ2v) is 9.73. The molecular formula is C21H29N5O3. The molecular weight excluding hydrogens is 370 g/mol. The number of nitrogens with one attached hydrogen (secondary N) is 1. The maximum Gasteiger partial charge on any atom is 0.165 e. The topological polar surface area (TPSA) is 116 Å². The van der Waals surface area contributed by atoms with Gasteiger partial charge in [-0.25, -0.2) is 15.0 Å². The van der Waals surface area contributed by atoms with Crippen LogP contribution in [0.2, 0.25) is 0 Å². The predicted molar refractivity (Wildman–Crippen MR) is 106 cm³/mol. The summed E-state index contributed by atoms with van der Waals surface area (Å²) >= 11 is 0. The van der Waals surface area contributed by atoms with Gasteiger partial charge in [-0.3, -0.25) is 0 Å². The molecule has 8 nitrogen and oxygen atoms in total. The first kappa shape index (κ1) is 18.0. The summed E-state index contributed by atoms with van der Waals surface area (Å²) in [6.45, 7) is -0.106. The molecule has 6 rings (SSSR count). The molecule has 4 fully saturated rings. The zero-order valence-electron chi connectivity index (χ0n) is 16.5. The molecule has 0 amide bonds. The summed E-state index contributed by atoms with van der Waals surface area (Å²) in [7, 11) is 0. The Morgan fingerprint density at radius 2 is 1.83 bits per heavy atom. The summed E-state index contributed by atoms with van der Waals surface area (Å²) < 4.78 is 1.88. The third kappa shape index (κ3) is 2.45. The maximum atomic E-state index is 10.7. The Morgan fingerprint density at radius 1 is 1.10 bits per heavy atom. The van der Waals surface area contributed by atoms with E-state index < -0.39 is 17.6 Å². The van der Waals surface area contributed by atoms with Crippen LogP contribution in [0.3, 0.4) is 0 Å². The quantitative estimate of drug-likeness (QED) is 0.581. The van der Waals surface area contributed by atoms with Gasteiger partial charge in [-0.2, -0.15) is 0 Å². The fourth-order valence-corrected chi connectivity index (χ4v) is 6.10. The second-order valence-electron chi connectivity index (χ2n) is 9.73. The number of nitrogens with zero attached hydrogens (tertiary/aromatic N) is 4. The van der Waals surface area contributed by atoms with Gasteiger partial charge in [0, 0.05) is 11.5 Å². The molecule has 5 atom stereocenters. The molecule has 29 heavy (non-hydrogen) atoms. The Balaban J connectivity index is 1.33. The van der Waals surface area contributed by atoms with Crippen molar-refractivity contribution in [2.24, 2.45) is 23.2 Å². The van der Waals surface area contributed by atoms with Crippen molar-refractivity contribution in [3.8, 4) is 0 Å². The summed E-state index contributed by atoms with van der Waals surface area (Å²) in [4.78, 5) is 13.6. The number of hydrogen-bond donors (Lipinski definition) is 4. The second kappa shape index (κ2) is 6.36. The number of imidazole rings is 1. The van der Waals surface area contributed by atoms with Gasteiger partial charge in [0.25, 0.3) is 0 Å². The number of rotatable bonds is 6. The highest BCUT2D eigenvalue weighted by Crippen LogP contribution is 2.67. The molecule has 0 radical (unpaired) electrons. The molecule has 2 unspecified atom stereocenters. The number of fused-ring (bicyclic) bond motifs is 2. The van der Waals surface area contributed by atoms with Crippen molar-refractivity contribution in [2.45, 2.75) is 69.2 Å². The lowest BCUT2D eigenvalue weighted by atomic mass is 9.68. The predicted octanol–water partition coefficient (Wildman–Crippen LogP) is 1.48. The van der Waals surface area contributed by atoms with E-state index >= 15 is 0 Å². The van der Waals surface area contributed by atoms with Crippen LogP contribution in [-0.4, -0.2) is 59.7 Å². The highest BCUT2D eigenvalue weighted by atomic mass is 16.3. The van der Waals surface area contributed by atoms with Crippen molar-refractivity contribution in [3.63, 3.8) is 0 Å². The number of aliphatic hydroxyl groups is 3. The first-order valence-electron chi connectivity index (χ1n) is 11.0. The van der Waals surface area contributed by atoms with E-state index in [4.69, 9.17) is 0 Å². The lowest BCUT2D eigenvalue weighted by molar-refractivity contribution is -0.0300. The van der Waals surface area contributed by atoms with Crippen molar-refractivity contribution in [1.29, 1.82) is 0 Å². The van der Waals surface area contributed by atoms with Crippen molar-refractivity contribution < 1.29 is 15.3 Å². The standard InChI is InChI=1S/C21H29N5O3/c27-8-21-7-13(21)16(17(28)18(21)29)26-10-24-15-19(22-9-23-20(15)26)25-14(11-3-1-4-11)12-5-2-6-12/h9-14,16-18,27-29H,1-8H2,(H,22,23,25)/t13?,16-,17+,18?,21+/m1/s1. The zero-order chi connectivity index (χ0) is 19.8.